The smallest absolute Gasteiger partial charge is 0.373 e. The zero-order chi connectivity index (χ0) is 18.8. The number of para-hydroxylation sites is 1. The zero-order valence-corrected chi connectivity index (χ0v) is 14.9. The summed E-state index contributed by atoms with van der Waals surface area (Å²) in [5.74, 6) is 0.749. The molecule has 0 saturated carbocycles. The number of hydrogen-bond acceptors (Lipinski definition) is 8. The Labute approximate surface area is 156 Å². The Kier molecular flexibility index (Phi) is 4.47. The van der Waals surface area contributed by atoms with Crippen LogP contribution in [-0.4, -0.2) is 37.8 Å². The number of aromatic nitrogens is 5. The van der Waals surface area contributed by atoms with Crippen molar-refractivity contribution in [1.29, 1.82) is 0 Å². The highest BCUT2D eigenvalue weighted by Crippen LogP contribution is 2.24. The SMILES string of the molecule is COC(=O)c1ccc(CSc2nc3ccccc3c(=O)n2-c2ncn[nH]2)o1. The van der Waals surface area contributed by atoms with E-state index in [0.717, 1.165) is 0 Å². The third kappa shape index (κ3) is 3.22. The van der Waals surface area contributed by atoms with Gasteiger partial charge < -0.3 is 9.15 Å². The lowest BCUT2D eigenvalue weighted by Gasteiger charge is -2.09. The molecule has 0 unspecified atom stereocenters. The average Bonchev–Trinajstić information content (AvgIpc) is 3.38. The number of methoxy groups -OCH3 is 1. The fraction of sp³-hybridized carbons (Fsp3) is 0.118. The molecule has 0 amide bonds. The molecule has 0 fully saturated rings. The van der Waals surface area contributed by atoms with Gasteiger partial charge in [-0.05, 0) is 24.3 Å². The maximum absolute atomic E-state index is 12.9. The lowest BCUT2D eigenvalue weighted by Crippen LogP contribution is -2.22. The number of hydrogen-bond donors (Lipinski definition) is 1. The van der Waals surface area contributed by atoms with Crippen molar-refractivity contribution in [3.05, 3.63) is 64.6 Å². The van der Waals surface area contributed by atoms with Crippen LogP contribution in [0.3, 0.4) is 0 Å². The molecule has 1 aromatic carbocycles. The number of carbonyl (C=O) groups excluding carboxylic acids is 1. The number of rotatable bonds is 5. The monoisotopic (exact) mass is 383 g/mol. The topological polar surface area (TPSA) is 116 Å². The second-order valence-electron chi connectivity index (χ2n) is 5.41. The molecular formula is C17H13N5O4S. The van der Waals surface area contributed by atoms with Gasteiger partial charge in [0.1, 0.15) is 12.1 Å². The van der Waals surface area contributed by atoms with Crippen molar-refractivity contribution < 1.29 is 13.9 Å². The van der Waals surface area contributed by atoms with Crippen molar-refractivity contribution in [2.75, 3.05) is 7.11 Å². The first-order valence-corrected chi connectivity index (χ1v) is 8.83. The number of fused-ring (bicyclic) bond motifs is 1. The highest BCUT2D eigenvalue weighted by molar-refractivity contribution is 7.98. The Balaban J connectivity index is 1.72. The van der Waals surface area contributed by atoms with Gasteiger partial charge in [-0.15, -0.1) is 0 Å². The summed E-state index contributed by atoms with van der Waals surface area (Å²) in [7, 11) is 1.29. The Bertz CT molecular complexity index is 1170. The van der Waals surface area contributed by atoms with Crippen LogP contribution in [0.4, 0.5) is 0 Å². The molecule has 1 N–H and O–H groups in total. The normalized spacial score (nSPS) is 11.0. The minimum absolute atomic E-state index is 0.118. The molecule has 10 heteroatoms. The molecule has 0 bridgehead atoms. The first-order chi connectivity index (χ1) is 13.2. The molecule has 136 valence electrons. The second-order valence-corrected chi connectivity index (χ2v) is 6.35. The largest absolute Gasteiger partial charge is 0.463 e. The summed E-state index contributed by atoms with van der Waals surface area (Å²) < 4.78 is 11.5. The minimum atomic E-state index is -0.548. The molecule has 0 aliphatic carbocycles. The lowest BCUT2D eigenvalue weighted by atomic mass is 10.2. The quantitative estimate of drug-likeness (QED) is 0.317. The van der Waals surface area contributed by atoms with Crippen LogP contribution in [0, 0.1) is 0 Å². The number of carbonyl (C=O) groups is 1. The van der Waals surface area contributed by atoms with Gasteiger partial charge in [0.05, 0.1) is 23.8 Å². The van der Waals surface area contributed by atoms with Crippen LogP contribution in [0.2, 0.25) is 0 Å². The van der Waals surface area contributed by atoms with Crippen LogP contribution in [-0.2, 0) is 10.5 Å². The van der Waals surface area contributed by atoms with E-state index in [1.807, 2.05) is 6.07 Å². The summed E-state index contributed by atoms with van der Waals surface area (Å²) in [4.78, 5) is 33.1. The molecule has 4 aromatic rings. The number of nitrogens with one attached hydrogen (secondary N) is 1. The van der Waals surface area contributed by atoms with Gasteiger partial charge in [0.2, 0.25) is 11.7 Å². The van der Waals surface area contributed by atoms with Crippen LogP contribution < -0.4 is 5.56 Å². The number of esters is 1. The molecular weight excluding hydrogens is 370 g/mol. The zero-order valence-electron chi connectivity index (χ0n) is 14.1. The van der Waals surface area contributed by atoms with Gasteiger partial charge in [-0.25, -0.2) is 19.4 Å². The lowest BCUT2D eigenvalue weighted by molar-refractivity contribution is 0.0563. The van der Waals surface area contributed by atoms with Gasteiger partial charge in [0.25, 0.3) is 5.56 Å². The van der Waals surface area contributed by atoms with E-state index in [1.54, 1.807) is 30.3 Å². The van der Waals surface area contributed by atoms with Gasteiger partial charge in [-0.1, -0.05) is 23.9 Å². The Hall–Kier alpha value is -3.40. The van der Waals surface area contributed by atoms with Crippen molar-refractivity contribution in [2.45, 2.75) is 10.9 Å². The van der Waals surface area contributed by atoms with Crippen LogP contribution in [0.5, 0.6) is 0 Å². The van der Waals surface area contributed by atoms with E-state index < -0.39 is 5.97 Å². The Morgan fingerprint density at radius 2 is 2.15 bits per heavy atom. The van der Waals surface area contributed by atoms with Crippen molar-refractivity contribution in [1.82, 2.24) is 24.7 Å². The maximum Gasteiger partial charge on any atom is 0.373 e. The van der Waals surface area contributed by atoms with E-state index in [1.165, 1.54) is 29.8 Å². The molecule has 0 saturated heterocycles. The van der Waals surface area contributed by atoms with Crippen molar-refractivity contribution in [3.8, 4) is 5.95 Å². The van der Waals surface area contributed by atoms with Gasteiger partial charge in [-0.2, -0.15) is 10.1 Å². The van der Waals surface area contributed by atoms with Gasteiger partial charge in [0, 0.05) is 0 Å². The third-order valence-corrected chi connectivity index (χ3v) is 4.71. The number of thioether (sulfide) groups is 1. The number of benzene rings is 1. The molecule has 0 aliphatic rings. The van der Waals surface area contributed by atoms with Gasteiger partial charge in [0.15, 0.2) is 5.16 Å². The Morgan fingerprint density at radius 1 is 1.30 bits per heavy atom. The van der Waals surface area contributed by atoms with Crippen LogP contribution in [0.1, 0.15) is 16.3 Å². The van der Waals surface area contributed by atoms with E-state index in [9.17, 15) is 9.59 Å². The predicted molar refractivity (Wildman–Crippen MR) is 96.9 cm³/mol. The highest BCUT2D eigenvalue weighted by atomic mass is 32.2. The van der Waals surface area contributed by atoms with Crippen LogP contribution in [0.15, 0.2) is 57.1 Å². The highest BCUT2D eigenvalue weighted by Gasteiger charge is 2.17. The van der Waals surface area contributed by atoms with E-state index in [-0.39, 0.29) is 17.3 Å². The summed E-state index contributed by atoms with van der Waals surface area (Å²) in [6.07, 6.45) is 1.32. The van der Waals surface area contributed by atoms with Crippen LogP contribution in [0.25, 0.3) is 16.9 Å². The number of furan rings is 1. The fourth-order valence-corrected chi connectivity index (χ4v) is 3.39. The summed E-state index contributed by atoms with van der Waals surface area (Å²) in [5.41, 5.74) is 0.324. The number of nitrogens with zero attached hydrogens (tertiary/aromatic N) is 4. The van der Waals surface area contributed by atoms with Crippen molar-refractivity contribution in [2.24, 2.45) is 0 Å². The molecule has 0 spiro atoms. The summed E-state index contributed by atoms with van der Waals surface area (Å²) in [6.45, 7) is 0. The molecule has 4 rings (SSSR count). The molecule has 0 aliphatic heterocycles. The number of H-pyrrole nitrogens is 1. The molecule has 27 heavy (non-hydrogen) atoms. The van der Waals surface area contributed by atoms with E-state index in [2.05, 4.69) is 24.9 Å². The fourth-order valence-electron chi connectivity index (χ4n) is 2.50. The number of ether oxygens (including phenoxy) is 1. The molecule has 3 heterocycles. The van der Waals surface area contributed by atoms with E-state index >= 15 is 0 Å². The van der Waals surface area contributed by atoms with Gasteiger partial charge in [-0.3, -0.25) is 4.79 Å². The predicted octanol–water partition coefficient (Wildman–Crippen LogP) is 2.18. The summed E-state index contributed by atoms with van der Waals surface area (Å²) in [5, 5.41) is 7.40. The van der Waals surface area contributed by atoms with Gasteiger partial charge >= 0.3 is 5.97 Å². The summed E-state index contributed by atoms with van der Waals surface area (Å²) >= 11 is 1.28. The van der Waals surface area contributed by atoms with Crippen molar-refractivity contribution in [3.63, 3.8) is 0 Å². The van der Waals surface area contributed by atoms with E-state index in [4.69, 9.17) is 4.42 Å². The molecule has 9 nitrogen and oxygen atoms in total. The molecule has 0 atom stereocenters. The molecule has 3 aromatic heterocycles. The third-order valence-electron chi connectivity index (χ3n) is 3.75. The average molecular weight is 383 g/mol. The second kappa shape index (κ2) is 7.08. The minimum Gasteiger partial charge on any atom is -0.463 e. The van der Waals surface area contributed by atoms with Crippen molar-refractivity contribution >= 4 is 28.6 Å². The van der Waals surface area contributed by atoms with Crippen LogP contribution >= 0.6 is 11.8 Å². The Morgan fingerprint density at radius 3 is 2.93 bits per heavy atom. The first kappa shape index (κ1) is 17.0. The number of aromatic amines is 1. The first-order valence-electron chi connectivity index (χ1n) is 7.84. The maximum atomic E-state index is 12.9. The summed E-state index contributed by atoms with van der Waals surface area (Å²) in [6, 6.07) is 10.3. The van der Waals surface area contributed by atoms with E-state index in [0.29, 0.717) is 27.6 Å². The molecule has 0 radical (unpaired) electrons. The standard InChI is InChI=1S/C17H13N5O4S/c1-25-15(24)13-7-6-10(26-13)8-27-17-20-12-5-3-2-4-11(12)14(23)22(17)16-18-9-19-21-16/h2-7,9H,8H2,1H3,(H,18,19,21).